The van der Waals surface area contributed by atoms with Gasteiger partial charge in [0.05, 0.1) is 6.42 Å². The average molecular weight is 622 g/mol. The van der Waals surface area contributed by atoms with Crippen LogP contribution in [-0.2, 0) is 22.4 Å². The lowest BCUT2D eigenvalue weighted by Crippen LogP contribution is -2.33. The summed E-state index contributed by atoms with van der Waals surface area (Å²) in [5.41, 5.74) is 2.40. The molecule has 38 heavy (non-hydrogen) atoms. The van der Waals surface area contributed by atoms with Crippen molar-refractivity contribution in [1.82, 2.24) is 10.6 Å². The van der Waals surface area contributed by atoms with Crippen molar-refractivity contribution in [3.63, 3.8) is 0 Å². The molecule has 1 heterocycles. The van der Waals surface area contributed by atoms with Gasteiger partial charge in [-0.3, -0.25) is 9.59 Å². The number of hydrogen-bond donors (Lipinski definition) is 3. The number of oxime groups is 1. The van der Waals surface area contributed by atoms with E-state index in [1.165, 1.54) is 6.07 Å². The normalized spacial score (nSPS) is 11.4. The second kappa shape index (κ2) is 14.8. The molecule has 0 aliphatic carbocycles. The smallest absolute Gasteiger partial charge is 0.336 e. The van der Waals surface area contributed by atoms with Gasteiger partial charge >= 0.3 is 5.63 Å². The van der Waals surface area contributed by atoms with Crippen molar-refractivity contribution in [2.24, 2.45) is 5.16 Å². The minimum absolute atomic E-state index is 0.0468. The van der Waals surface area contributed by atoms with Crippen molar-refractivity contribution >= 4 is 71.7 Å². The molecule has 202 valence electrons. The molecule has 3 aromatic rings. The van der Waals surface area contributed by atoms with Crippen molar-refractivity contribution in [2.45, 2.75) is 12.8 Å². The fourth-order valence-corrected chi connectivity index (χ4v) is 5.80. The molecule has 0 spiro atoms. The maximum Gasteiger partial charge on any atom is 0.336 e. The molecule has 0 bridgehead atoms. The number of benzene rings is 2. The third kappa shape index (κ3) is 9.10. The SMILES string of the molecule is CN(C)c1ccc2c(CC(=O)NCCSSCCNC(=O)/C(Cc3cccc(Br)c3)=N/O)cc(=O)oc2c1. The summed E-state index contributed by atoms with van der Waals surface area (Å²) < 4.78 is 6.20. The van der Waals surface area contributed by atoms with Gasteiger partial charge in [0.2, 0.25) is 5.91 Å². The van der Waals surface area contributed by atoms with E-state index in [0.717, 1.165) is 21.1 Å². The van der Waals surface area contributed by atoms with E-state index >= 15 is 0 Å². The summed E-state index contributed by atoms with van der Waals surface area (Å²) in [6.07, 6.45) is 0.312. The highest BCUT2D eigenvalue weighted by Gasteiger charge is 2.13. The number of halogens is 1. The molecule has 0 atom stereocenters. The summed E-state index contributed by atoms with van der Waals surface area (Å²) >= 11 is 3.38. The Hall–Kier alpha value is -2.96. The van der Waals surface area contributed by atoms with Gasteiger partial charge in [-0.1, -0.05) is 54.8 Å². The largest absolute Gasteiger partial charge is 0.423 e. The zero-order chi connectivity index (χ0) is 27.5. The first-order chi connectivity index (χ1) is 18.3. The molecule has 2 aromatic carbocycles. The van der Waals surface area contributed by atoms with Crippen LogP contribution in [0.2, 0.25) is 0 Å². The third-order valence-electron chi connectivity index (χ3n) is 5.39. The summed E-state index contributed by atoms with van der Waals surface area (Å²) in [6, 6.07) is 14.4. The molecule has 0 saturated heterocycles. The minimum atomic E-state index is -0.485. The summed E-state index contributed by atoms with van der Waals surface area (Å²) in [6.45, 7) is 0.889. The van der Waals surface area contributed by atoms with E-state index in [4.69, 9.17) is 4.42 Å². The predicted molar refractivity (Wildman–Crippen MR) is 159 cm³/mol. The first-order valence-corrected chi connectivity index (χ1v) is 15.0. The molecule has 3 rings (SSSR count). The van der Waals surface area contributed by atoms with Crippen molar-refractivity contribution in [3.8, 4) is 0 Å². The van der Waals surface area contributed by atoms with Crippen LogP contribution in [0.15, 0.2) is 67.4 Å². The highest BCUT2D eigenvalue weighted by Crippen LogP contribution is 2.23. The molecule has 0 unspecified atom stereocenters. The molecule has 2 amide bonds. The van der Waals surface area contributed by atoms with Crippen LogP contribution in [-0.4, -0.2) is 61.4 Å². The predicted octanol–water partition coefficient (Wildman–Crippen LogP) is 3.85. The average Bonchev–Trinajstić information content (AvgIpc) is 2.88. The van der Waals surface area contributed by atoms with Crippen molar-refractivity contribution in [3.05, 3.63) is 74.6 Å². The Morgan fingerprint density at radius 3 is 2.45 bits per heavy atom. The van der Waals surface area contributed by atoms with Gasteiger partial charge in [-0.2, -0.15) is 0 Å². The van der Waals surface area contributed by atoms with Crippen LogP contribution in [0.1, 0.15) is 11.1 Å². The third-order valence-corrected chi connectivity index (χ3v) is 8.29. The fraction of sp³-hybridized carbons (Fsp3) is 0.308. The first kappa shape index (κ1) is 29.6. The van der Waals surface area contributed by atoms with Crippen molar-refractivity contribution in [2.75, 3.05) is 43.6 Å². The number of nitrogens with zero attached hydrogens (tertiary/aromatic N) is 2. The summed E-state index contributed by atoms with van der Waals surface area (Å²) in [5, 5.41) is 18.7. The summed E-state index contributed by atoms with van der Waals surface area (Å²) in [5.74, 6) is 0.750. The highest BCUT2D eigenvalue weighted by molar-refractivity contribution is 9.10. The molecule has 0 saturated carbocycles. The van der Waals surface area contributed by atoms with Gasteiger partial charge < -0.3 is 25.2 Å². The quantitative estimate of drug-likeness (QED) is 0.0657. The van der Waals surface area contributed by atoms with Gasteiger partial charge in [0.25, 0.3) is 5.91 Å². The standard InChI is InChI=1S/C26H29BrN4O5S2/c1-31(2)20-6-7-21-18(15-25(33)36-23(21)16-20)14-24(32)28-8-10-37-38-11-9-29-26(34)22(30-35)13-17-4-3-5-19(27)12-17/h3-7,12,15-16,35H,8-11,13-14H2,1-2H3,(H,28,32)(H,29,34)/b30-22+. The van der Waals surface area contributed by atoms with Gasteiger partial charge in [-0.05, 0) is 35.4 Å². The van der Waals surface area contributed by atoms with Gasteiger partial charge in [-0.15, -0.1) is 0 Å². The highest BCUT2D eigenvalue weighted by atomic mass is 79.9. The second-order valence-electron chi connectivity index (χ2n) is 8.45. The van der Waals surface area contributed by atoms with Crippen LogP contribution < -0.4 is 21.2 Å². The fourth-order valence-electron chi connectivity index (χ4n) is 3.54. The molecule has 12 heteroatoms. The summed E-state index contributed by atoms with van der Waals surface area (Å²) in [4.78, 5) is 38.6. The Bertz CT molecular complexity index is 1360. The van der Waals surface area contributed by atoms with E-state index in [-0.39, 0.29) is 24.5 Å². The maximum atomic E-state index is 12.4. The number of amides is 2. The van der Waals surface area contributed by atoms with Crippen LogP contribution in [0.4, 0.5) is 5.69 Å². The number of anilines is 1. The van der Waals surface area contributed by atoms with E-state index in [1.54, 1.807) is 27.7 Å². The van der Waals surface area contributed by atoms with Crippen LogP contribution in [0, 0.1) is 0 Å². The van der Waals surface area contributed by atoms with Gasteiger partial charge in [0.15, 0.2) is 0 Å². The monoisotopic (exact) mass is 620 g/mol. The first-order valence-electron chi connectivity index (χ1n) is 11.8. The topological polar surface area (TPSA) is 124 Å². The Morgan fingerprint density at radius 2 is 1.76 bits per heavy atom. The maximum absolute atomic E-state index is 12.4. The molecule has 0 aliphatic rings. The lowest BCUT2D eigenvalue weighted by molar-refractivity contribution is -0.120. The zero-order valence-corrected chi connectivity index (χ0v) is 24.2. The van der Waals surface area contributed by atoms with E-state index in [9.17, 15) is 19.6 Å². The molecule has 3 N–H and O–H groups in total. The Balaban J connectivity index is 1.34. The Kier molecular flexibility index (Phi) is 11.6. The lowest BCUT2D eigenvalue weighted by Gasteiger charge is -2.13. The van der Waals surface area contributed by atoms with Crippen LogP contribution in [0.25, 0.3) is 11.0 Å². The van der Waals surface area contributed by atoms with Crippen molar-refractivity contribution in [1.29, 1.82) is 0 Å². The van der Waals surface area contributed by atoms with E-state index in [0.29, 0.717) is 35.7 Å². The zero-order valence-electron chi connectivity index (χ0n) is 21.0. The molecule has 0 radical (unpaired) electrons. The lowest BCUT2D eigenvalue weighted by atomic mass is 10.1. The van der Waals surface area contributed by atoms with Crippen LogP contribution in [0.3, 0.4) is 0 Å². The van der Waals surface area contributed by atoms with Gasteiger partial charge in [-0.25, -0.2) is 4.79 Å². The molecule has 9 nitrogen and oxygen atoms in total. The number of nitrogens with one attached hydrogen (secondary N) is 2. The summed E-state index contributed by atoms with van der Waals surface area (Å²) in [7, 11) is 6.95. The minimum Gasteiger partial charge on any atom is -0.423 e. The number of fused-ring (bicyclic) bond motifs is 1. The molecular weight excluding hydrogens is 592 g/mol. The van der Waals surface area contributed by atoms with Crippen LogP contribution >= 0.6 is 37.5 Å². The molecule has 0 fully saturated rings. The number of carbonyl (C=O) groups excluding carboxylic acids is 2. The van der Waals surface area contributed by atoms with E-state index in [2.05, 4.69) is 31.7 Å². The molecular formula is C26H29BrN4O5S2. The van der Waals surface area contributed by atoms with Crippen LogP contribution in [0.5, 0.6) is 0 Å². The van der Waals surface area contributed by atoms with E-state index < -0.39 is 11.5 Å². The Morgan fingerprint density at radius 1 is 1.03 bits per heavy atom. The van der Waals surface area contributed by atoms with Gasteiger partial charge in [0, 0.05) is 72.8 Å². The molecule has 1 aromatic heterocycles. The number of rotatable bonds is 13. The Labute approximate surface area is 236 Å². The second-order valence-corrected chi connectivity index (χ2v) is 12.1. The number of hydrogen-bond acceptors (Lipinski definition) is 9. The number of carbonyl (C=O) groups is 2. The van der Waals surface area contributed by atoms with Gasteiger partial charge in [0.1, 0.15) is 11.3 Å². The van der Waals surface area contributed by atoms with E-state index in [1.807, 2.05) is 55.4 Å². The van der Waals surface area contributed by atoms with Crippen molar-refractivity contribution < 1.29 is 19.2 Å². The molecule has 0 aliphatic heterocycles.